The van der Waals surface area contributed by atoms with Crippen LogP contribution in [0.3, 0.4) is 0 Å². The number of anilines is 1. The predicted molar refractivity (Wildman–Crippen MR) is 60.4 cm³/mol. The monoisotopic (exact) mass is 266 g/mol. The molecule has 1 aliphatic heterocycles. The first-order chi connectivity index (χ1) is 7.46. The molecule has 1 unspecified atom stereocenters. The van der Waals surface area contributed by atoms with Gasteiger partial charge < -0.3 is 5.32 Å². The van der Waals surface area contributed by atoms with Crippen molar-refractivity contribution in [3.63, 3.8) is 0 Å². The highest BCUT2D eigenvalue weighted by Gasteiger charge is 2.42. The largest absolute Gasteiger partial charge is 0.322 e. The Hall–Kier alpha value is -1.21. The van der Waals surface area contributed by atoms with Crippen LogP contribution in [0.15, 0.2) is 12.4 Å². The van der Waals surface area contributed by atoms with Gasteiger partial charge in [0.15, 0.2) is 0 Å². The van der Waals surface area contributed by atoms with Crippen LogP contribution in [0.2, 0.25) is 0 Å². The zero-order valence-electron chi connectivity index (χ0n) is 9.11. The minimum atomic E-state index is -2.79. The molecular formula is C9H13ClF2N4O. The minimum absolute atomic E-state index is 0. The number of carbonyl (C=O) groups is 1. The van der Waals surface area contributed by atoms with Crippen LogP contribution in [0.1, 0.15) is 6.42 Å². The summed E-state index contributed by atoms with van der Waals surface area (Å²) in [4.78, 5) is 11.6. The Morgan fingerprint density at radius 3 is 2.88 bits per heavy atom. The lowest BCUT2D eigenvalue weighted by atomic mass is 10.2. The van der Waals surface area contributed by atoms with E-state index in [4.69, 9.17) is 0 Å². The molecule has 0 spiro atoms. The number of halogens is 3. The summed E-state index contributed by atoms with van der Waals surface area (Å²) in [5.41, 5.74) is 0.504. The number of aryl methyl sites for hydroxylation is 1. The molecule has 1 atom stereocenters. The molecule has 0 bridgehead atoms. The third kappa shape index (κ3) is 3.37. The number of rotatable bonds is 2. The van der Waals surface area contributed by atoms with Crippen LogP contribution >= 0.6 is 12.4 Å². The lowest BCUT2D eigenvalue weighted by molar-refractivity contribution is -0.118. The highest BCUT2D eigenvalue weighted by molar-refractivity contribution is 5.94. The summed E-state index contributed by atoms with van der Waals surface area (Å²) in [7, 11) is 1.71. The molecule has 1 fully saturated rings. The molecule has 2 N–H and O–H groups in total. The van der Waals surface area contributed by atoms with Crippen molar-refractivity contribution in [2.75, 3.05) is 11.9 Å². The molecule has 1 amide bonds. The van der Waals surface area contributed by atoms with E-state index < -0.39 is 30.8 Å². The summed E-state index contributed by atoms with van der Waals surface area (Å²) in [6, 6.07) is -0.838. The number of carbonyl (C=O) groups excluding carboxylic acids is 1. The summed E-state index contributed by atoms with van der Waals surface area (Å²) in [6.07, 6.45) is 2.61. The van der Waals surface area contributed by atoms with Gasteiger partial charge in [-0.1, -0.05) is 0 Å². The Kier molecular flexibility index (Phi) is 4.05. The zero-order chi connectivity index (χ0) is 11.8. The van der Waals surface area contributed by atoms with Crippen LogP contribution in [0, 0.1) is 0 Å². The summed E-state index contributed by atoms with van der Waals surface area (Å²) in [5, 5.41) is 8.87. The van der Waals surface area contributed by atoms with Crippen LogP contribution in [0.25, 0.3) is 0 Å². The Balaban J connectivity index is 0.00000144. The first-order valence-electron chi connectivity index (χ1n) is 4.87. The summed E-state index contributed by atoms with van der Waals surface area (Å²) < 4.78 is 27.2. The van der Waals surface area contributed by atoms with E-state index >= 15 is 0 Å². The van der Waals surface area contributed by atoms with Gasteiger partial charge in [0, 0.05) is 19.7 Å². The highest BCUT2D eigenvalue weighted by Crippen LogP contribution is 2.25. The molecular weight excluding hydrogens is 254 g/mol. The molecule has 5 nitrogen and oxygen atoms in total. The van der Waals surface area contributed by atoms with E-state index in [1.165, 1.54) is 10.9 Å². The van der Waals surface area contributed by atoms with E-state index in [-0.39, 0.29) is 12.4 Å². The molecule has 1 aromatic heterocycles. The van der Waals surface area contributed by atoms with Gasteiger partial charge in [-0.15, -0.1) is 12.4 Å². The fraction of sp³-hybridized carbons (Fsp3) is 0.556. The molecule has 2 rings (SSSR count). The second kappa shape index (κ2) is 4.97. The van der Waals surface area contributed by atoms with Crippen molar-refractivity contribution in [1.82, 2.24) is 15.1 Å². The van der Waals surface area contributed by atoms with Crippen LogP contribution < -0.4 is 10.6 Å². The van der Waals surface area contributed by atoms with Crippen molar-refractivity contribution in [2.24, 2.45) is 7.05 Å². The molecule has 1 aromatic rings. The fourth-order valence-corrected chi connectivity index (χ4v) is 1.62. The molecule has 0 aliphatic carbocycles. The molecule has 8 heteroatoms. The van der Waals surface area contributed by atoms with Crippen LogP contribution in [0.5, 0.6) is 0 Å². The lowest BCUT2D eigenvalue weighted by Crippen LogP contribution is -2.35. The van der Waals surface area contributed by atoms with Gasteiger partial charge >= 0.3 is 0 Å². The quantitative estimate of drug-likeness (QED) is 0.832. The van der Waals surface area contributed by atoms with Crippen LogP contribution in [-0.2, 0) is 11.8 Å². The fourth-order valence-electron chi connectivity index (χ4n) is 1.62. The highest BCUT2D eigenvalue weighted by atomic mass is 35.5. The van der Waals surface area contributed by atoms with Crippen molar-refractivity contribution in [1.29, 1.82) is 0 Å². The van der Waals surface area contributed by atoms with Gasteiger partial charge in [0.05, 0.1) is 24.5 Å². The van der Waals surface area contributed by atoms with Crippen molar-refractivity contribution in [3.8, 4) is 0 Å². The zero-order valence-corrected chi connectivity index (χ0v) is 9.93. The van der Waals surface area contributed by atoms with Gasteiger partial charge in [0.2, 0.25) is 5.91 Å². The molecule has 2 heterocycles. The Morgan fingerprint density at radius 1 is 1.71 bits per heavy atom. The van der Waals surface area contributed by atoms with Crippen LogP contribution in [0.4, 0.5) is 14.5 Å². The summed E-state index contributed by atoms with van der Waals surface area (Å²) in [5.74, 6) is -3.25. The molecule has 1 aliphatic rings. The average Bonchev–Trinajstić information content (AvgIpc) is 2.72. The number of amides is 1. The van der Waals surface area contributed by atoms with Gasteiger partial charge in [-0.3, -0.25) is 14.8 Å². The number of nitrogens with one attached hydrogen (secondary N) is 2. The maximum Gasteiger partial charge on any atom is 0.262 e. The lowest BCUT2D eigenvalue weighted by Gasteiger charge is -2.09. The number of nitrogens with zero attached hydrogens (tertiary/aromatic N) is 2. The Labute approximate surface area is 103 Å². The number of hydrogen-bond donors (Lipinski definition) is 2. The third-order valence-corrected chi connectivity index (χ3v) is 2.40. The predicted octanol–water partition coefficient (Wildman–Crippen LogP) is 0.778. The van der Waals surface area contributed by atoms with E-state index in [0.717, 1.165) is 0 Å². The standard InChI is InChI=1S/C9H12F2N4O.ClH/c1-15-4-6(3-13-15)14-8(16)7-2-9(10,11)5-12-7;/h3-4,7,12H,2,5H2,1H3,(H,14,16);1H. The maximum absolute atomic E-state index is 12.8. The molecule has 96 valence electrons. The number of aromatic nitrogens is 2. The average molecular weight is 267 g/mol. The minimum Gasteiger partial charge on any atom is -0.322 e. The molecule has 1 saturated heterocycles. The van der Waals surface area contributed by atoms with Crippen molar-refractivity contribution >= 4 is 24.0 Å². The van der Waals surface area contributed by atoms with Gasteiger partial charge in [0.25, 0.3) is 5.92 Å². The molecule has 0 radical (unpaired) electrons. The first kappa shape index (κ1) is 13.9. The second-order valence-corrected chi connectivity index (χ2v) is 3.89. The second-order valence-electron chi connectivity index (χ2n) is 3.89. The van der Waals surface area contributed by atoms with Gasteiger partial charge in [-0.25, -0.2) is 8.78 Å². The van der Waals surface area contributed by atoms with E-state index in [0.29, 0.717) is 5.69 Å². The first-order valence-corrected chi connectivity index (χ1v) is 4.87. The van der Waals surface area contributed by atoms with E-state index in [9.17, 15) is 13.6 Å². The molecule has 0 aromatic carbocycles. The van der Waals surface area contributed by atoms with Gasteiger partial charge in [0.1, 0.15) is 0 Å². The summed E-state index contributed by atoms with van der Waals surface area (Å²) >= 11 is 0. The van der Waals surface area contributed by atoms with Gasteiger partial charge in [-0.05, 0) is 0 Å². The van der Waals surface area contributed by atoms with E-state index in [2.05, 4.69) is 15.7 Å². The topological polar surface area (TPSA) is 59.0 Å². The van der Waals surface area contributed by atoms with E-state index in [1.54, 1.807) is 13.2 Å². The number of hydrogen-bond acceptors (Lipinski definition) is 3. The Bertz CT molecular complexity index is 409. The van der Waals surface area contributed by atoms with Crippen molar-refractivity contribution < 1.29 is 13.6 Å². The van der Waals surface area contributed by atoms with Crippen LogP contribution in [-0.4, -0.2) is 34.2 Å². The molecule has 0 saturated carbocycles. The smallest absolute Gasteiger partial charge is 0.262 e. The van der Waals surface area contributed by atoms with E-state index in [1.807, 2.05) is 0 Å². The number of alkyl halides is 2. The maximum atomic E-state index is 12.8. The SMILES string of the molecule is Cl.Cn1cc(NC(=O)C2CC(F)(F)CN2)cn1. The molecule has 17 heavy (non-hydrogen) atoms. The van der Waals surface area contributed by atoms with Crippen molar-refractivity contribution in [2.45, 2.75) is 18.4 Å². The normalized spacial score (nSPS) is 21.9. The van der Waals surface area contributed by atoms with Crippen molar-refractivity contribution in [3.05, 3.63) is 12.4 Å². The summed E-state index contributed by atoms with van der Waals surface area (Å²) in [6.45, 7) is -0.446. The Morgan fingerprint density at radius 2 is 2.41 bits per heavy atom. The third-order valence-electron chi connectivity index (χ3n) is 2.40. The van der Waals surface area contributed by atoms with Gasteiger partial charge in [-0.2, -0.15) is 5.10 Å².